The number of carboxylic acid groups (broad SMARTS) is 1. The quantitative estimate of drug-likeness (QED) is 0.411. The Bertz CT molecular complexity index is 600. The first kappa shape index (κ1) is 26.6. The maximum atomic E-state index is 12.5. The van der Waals surface area contributed by atoms with Crippen LogP contribution in [0.4, 0.5) is 0 Å². The lowest BCUT2D eigenvalue weighted by molar-refractivity contribution is -0.156. The van der Waals surface area contributed by atoms with Crippen LogP contribution in [-0.4, -0.2) is 65.8 Å². The Morgan fingerprint density at radius 2 is 1.69 bits per heavy atom. The van der Waals surface area contributed by atoms with Gasteiger partial charge in [0.2, 0.25) is 11.8 Å². The maximum absolute atomic E-state index is 12.5. The highest BCUT2D eigenvalue weighted by molar-refractivity contribution is 5.81. The van der Waals surface area contributed by atoms with Gasteiger partial charge in [-0.1, -0.05) is 13.8 Å². The molecule has 0 atom stereocenters. The van der Waals surface area contributed by atoms with Gasteiger partial charge in [-0.05, 0) is 27.2 Å². The van der Waals surface area contributed by atoms with Crippen LogP contribution in [0.25, 0.3) is 0 Å². The van der Waals surface area contributed by atoms with Crippen LogP contribution in [0.15, 0.2) is 0 Å². The molecule has 0 spiro atoms. The van der Waals surface area contributed by atoms with E-state index in [0.717, 1.165) is 0 Å². The van der Waals surface area contributed by atoms with E-state index in [4.69, 9.17) is 9.84 Å². The topological polar surface area (TPSA) is 130 Å². The number of carbonyl (C=O) groups is 5. The Balaban J connectivity index is 4.74. The molecule has 29 heavy (non-hydrogen) atoms. The fourth-order valence-corrected chi connectivity index (χ4v) is 2.48. The number of ether oxygens (including phenoxy) is 1. The standard InChI is InChI=1S/C20H34N2O7/c1-14(2)18(27)22(11-10-21-16(24)7-6-8-17(25)26)13-20(4,5)19(28)29-12-9-15(3)23/h14H,6-13H2,1-5H3,(H,21,24)(H,25,26). The molecule has 0 aromatic carbocycles. The van der Waals surface area contributed by atoms with E-state index < -0.39 is 17.4 Å². The van der Waals surface area contributed by atoms with E-state index >= 15 is 0 Å². The second-order valence-electron chi connectivity index (χ2n) is 7.98. The zero-order chi connectivity index (χ0) is 22.6. The number of esters is 1. The number of nitrogens with one attached hydrogen (secondary N) is 1. The van der Waals surface area contributed by atoms with Crippen molar-refractivity contribution in [3.05, 3.63) is 0 Å². The summed E-state index contributed by atoms with van der Waals surface area (Å²) in [6.45, 7) is 8.75. The van der Waals surface area contributed by atoms with Gasteiger partial charge in [0.05, 0.1) is 12.0 Å². The van der Waals surface area contributed by atoms with Gasteiger partial charge >= 0.3 is 11.9 Å². The van der Waals surface area contributed by atoms with E-state index in [-0.39, 0.29) is 75.4 Å². The molecular weight excluding hydrogens is 380 g/mol. The normalized spacial score (nSPS) is 11.1. The van der Waals surface area contributed by atoms with Gasteiger partial charge < -0.3 is 20.1 Å². The van der Waals surface area contributed by atoms with Crippen molar-refractivity contribution in [3.8, 4) is 0 Å². The van der Waals surface area contributed by atoms with Crippen LogP contribution < -0.4 is 5.32 Å². The van der Waals surface area contributed by atoms with Crippen molar-refractivity contribution >= 4 is 29.5 Å². The zero-order valence-electron chi connectivity index (χ0n) is 18.1. The van der Waals surface area contributed by atoms with Crippen molar-refractivity contribution in [3.63, 3.8) is 0 Å². The van der Waals surface area contributed by atoms with E-state index in [1.807, 2.05) is 0 Å². The summed E-state index contributed by atoms with van der Waals surface area (Å²) >= 11 is 0. The molecule has 0 aromatic rings. The molecule has 9 heteroatoms. The molecule has 0 aliphatic carbocycles. The molecule has 0 radical (unpaired) electrons. The van der Waals surface area contributed by atoms with Crippen LogP contribution in [-0.2, 0) is 28.7 Å². The van der Waals surface area contributed by atoms with Crippen LogP contribution >= 0.6 is 0 Å². The summed E-state index contributed by atoms with van der Waals surface area (Å²) in [4.78, 5) is 59.6. The summed E-state index contributed by atoms with van der Waals surface area (Å²) in [7, 11) is 0. The smallest absolute Gasteiger partial charge is 0.313 e. The highest BCUT2D eigenvalue weighted by Gasteiger charge is 2.34. The predicted molar refractivity (Wildman–Crippen MR) is 106 cm³/mol. The number of carbonyl (C=O) groups excluding carboxylic acids is 4. The van der Waals surface area contributed by atoms with Gasteiger partial charge in [0.15, 0.2) is 0 Å². The minimum absolute atomic E-state index is 0.00211. The molecule has 0 unspecified atom stereocenters. The Hall–Kier alpha value is -2.45. The largest absolute Gasteiger partial charge is 0.481 e. The number of hydrogen-bond acceptors (Lipinski definition) is 6. The molecule has 9 nitrogen and oxygen atoms in total. The SMILES string of the molecule is CC(=O)CCOC(=O)C(C)(C)CN(CCNC(=O)CCCC(=O)O)C(=O)C(C)C. The third-order valence-electron chi connectivity index (χ3n) is 4.13. The predicted octanol–water partition coefficient (Wildman–Crippen LogP) is 1.39. The number of Topliss-reactive ketones (excluding diaryl/α,β-unsaturated/α-hetero) is 1. The molecule has 0 saturated carbocycles. The van der Waals surface area contributed by atoms with Gasteiger partial charge in [0.25, 0.3) is 0 Å². The first-order chi connectivity index (χ1) is 13.4. The van der Waals surface area contributed by atoms with Crippen molar-refractivity contribution in [2.24, 2.45) is 11.3 Å². The van der Waals surface area contributed by atoms with E-state index in [2.05, 4.69) is 5.32 Å². The van der Waals surface area contributed by atoms with Crippen LogP contribution in [0.2, 0.25) is 0 Å². The lowest BCUT2D eigenvalue weighted by Crippen LogP contribution is -2.47. The third kappa shape index (κ3) is 11.9. The van der Waals surface area contributed by atoms with E-state index in [1.54, 1.807) is 27.7 Å². The average molecular weight is 414 g/mol. The van der Waals surface area contributed by atoms with Gasteiger partial charge in [-0.3, -0.25) is 24.0 Å². The molecule has 166 valence electrons. The van der Waals surface area contributed by atoms with Gasteiger partial charge in [0, 0.05) is 44.8 Å². The van der Waals surface area contributed by atoms with Crippen molar-refractivity contribution < 1.29 is 33.8 Å². The number of rotatable bonds is 14. The Morgan fingerprint density at radius 3 is 2.21 bits per heavy atom. The average Bonchev–Trinajstić information content (AvgIpc) is 2.59. The highest BCUT2D eigenvalue weighted by atomic mass is 16.5. The van der Waals surface area contributed by atoms with Crippen LogP contribution in [0.3, 0.4) is 0 Å². The van der Waals surface area contributed by atoms with E-state index in [0.29, 0.717) is 0 Å². The Kier molecular flexibility index (Phi) is 11.8. The molecule has 0 rings (SSSR count). The molecule has 2 amide bonds. The number of carboxylic acids is 1. The van der Waals surface area contributed by atoms with Crippen molar-refractivity contribution in [1.29, 1.82) is 0 Å². The fraction of sp³-hybridized carbons (Fsp3) is 0.750. The number of ketones is 1. The molecule has 0 aliphatic heterocycles. The van der Waals surface area contributed by atoms with Crippen molar-refractivity contribution in [2.45, 2.75) is 60.3 Å². The molecule has 0 aliphatic rings. The summed E-state index contributed by atoms with van der Waals surface area (Å²) in [5.74, 6) is -2.26. The summed E-state index contributed by atoms with van der Waals surface area (Å²) in [5, 5.41) is 11.3. The van der Waals surface area contributed by atoms with Crippen LogP contribution in [0.5, 0.6) is 0 Å². The fourth-order valence-electron chi connectivity index (χ4n) is 2.48. The van der Waals surface area contributed by atoms with Gasteiger partial charge in [-0.2, -0.15) is 0 Å². The van der Waals surface area contributed by atoms with Gasteiger partial charge in [-0.25, -0.2) is 0 Å². The summed E-state index contributed by atoms with van der Waals surface area (Å²) in [5.41, 5.74) is -0.979. The molecular formula is C20H34N2O7. The van der Waals surface area contributed by atoms with Crippen molar-refractivity contribution in [1.82, 2.24) is 10.2 Å². The molecule has 0 bridgehead atoms. The lowest BCUT2D eigenvalue weighted by Gasteiger charge is -2.32. The van der Waals surface area contributed by atoms with E-state index in [9.17, 15) is 24.0 Å². The summed E-state index contributed by atoms with van der Waals surface area (Å²) in [6.07, 6.45) is 0.406. The van der Waals surface area contributed by atoms with E-state index in [1.165, 1.54) is 11.8 Å². The lowest BCUT2D eigenvalue weighted by atomic mass is 9.92. The van der Waals surface area contributed by atoms with Crippen LogP contribution in [0, 0.1) is 11.3 Å². The first-order valence-electron chi connectivity index (χ1n) is 9.80. The first-order valence-corrected chi connectivity index (χ1v) is 9.80. The number of amides is 2. The van der Waals surface area contributed by atoms with Gasteiger partial charge in [-0.15, -0.1) is 0 Å². The van der Waals surface area contributed by atoms with Gasteiger partial charge in [0.1, 0.15) is 5.78 Å². The molecule has 0 saturated heterocycles. The second-order valence-corrected chi connectivity index (χ2v) is 7.98. The minimum Gasteiger partial charge on any atom is -0.481 e. The number of aliphatic carboxylic acids is 1. The monoisotopic (exact) mass is 414 g/mol. The van der Waals surface area contributed by atoms with Crippen LogP contribution in [0.1, 0.15) is 60.3 Å². The summed E-state index contributed by atoms with van der Waals surface area (Å²) < 4.78 is 5.15. The second kappa shape index (κ2) is 12.9. The highest BCUT2D eigenvalue weighted by Crippen LogP contribution is 2.20. The molecule has 0 aromatic heterocycles. The maximum Gasteiger partial charge on any atom is 0.313 e. The molecule has 0 heterocycles. The molecule has 2 N–H and O–H groups in total. The Morgan fingerprint density at radius 1 is 1.07 bits per heavy atom. The number of nitrogens with zero attached hydrogens (tertiary/aromatic N) is 1. The zero-order valence-corrected chi connectivity index (χ0v) is 18.1. The minimum atomic E-state index is -0.979. The number of hydrogen-bond donors (Lipinski definition) is 2. The third-order valence-corrected chi connectivity index (χ3v) is 4.13. The van der Waals surface area contributed by atoms with Crippen molar-refractivity contribution in [2.75, 3.05) is 26.2 Å². The molecule has 0 fully saturated rings. The Labute approximate surface area is 172 Å². The summed E-state index contributed by atoms with van der Waals surface area (Å²) in [6, 6.07) is 0.